The van der Waals surface area contributed by atoms with E-state index >= 15 is 0 Å². The third kappa shape index (κ3) is 3.78. The molecule has 0 aromatic heterocycles. The predicted molar refractivity (Wildman–Crippen MR) is 111 cm³/mol. The number of hydrogen-bond donors (Lipinski definition) is 1. The third-order valence-electron chi connectivity index (χ3n) is 4.91. The van der Waals surface area contributed by atoms with Crippen molar-refractivity contribution in [3.8, 4) is 0 Å². The van der Waals surface area contributed by atoms with Gasteiger partial charge in [0.1, 0.15) is 0 Å². The van der Waals surface area contributed by atoms with E-state index in [4.69, 9.17) is 11.6 Å². The fraction of sp³-hybridized carbons (Fsp3) is 0.130. The van der Waals surface area contributed by atoms with Crippen molar-refractivity contribution >= 4 is 29.1 Å². The van der Waals surface area contributed by atoms with Crippen LogP contribution in [0.25, 0.3) is 0 Å². The Hall–Kier alpha value is -3.11. The molecule has 140 valence electrons. The molecule has 28 heavy (non-hydrogen) atoms. The van der Waals surface area contributed by atoms with Crippen LogP contribution in [0.3, 0.4) is 0 Å². The Morgan fingerprint density at radius 3 is 2.39 bits per heavy atom. The van der Waals surface area contributed by atoms with E-state index in [0.29, 0.717) is 34.9 Å². The molecular formula is C23H19ClN2O2. The Kier molecular flexibility index (Phi) is 5.13. The molecule has 3 aromatic rings. The van der Waals surface area contributed by atoms with E-state index in [1.807, 2.05) is 17.0 Å². The summed E-state index contributed by atoms with van der Waals surface area (Å²) in [5.41, 5.74) is 3.93. The highest BCUT2D eigenvalue weighted by molar-refractivity contribution is 6.33. The third-order valence-corrected chi connectivity index (χ3v) is 5.24. The van der Waals surface area contributed by atoms with Crippen LogP contribution in [0, 0.1) is 0 Å². The smallest absolute Gasteiger partial charge is 0.255 e. The standard InChI is InChI=1S/C23H19ClN2O2/c24-20-10-3-4-11-21(20)25-22(27)17-8-5-9-18(14-17)23(28)26-13-12-16-6-1-2-7-19(16)15-26/h1-11,14H,12-13,15H2,(H,25,27). The second-order valence-electron chi connectivity index (χ2n) is 6.76. The molecular weight excluding hydrogens is 372 g/mol. The molecule has 4 nitrogen and oxygen atoms in total. The van der Waals surface area contributed by atoms with E-state index in [-0.39, 0.29) is 11.8 Å². The van der Waals surface area contributed by atoms with Crippen LogP contribution < -0.4 is 5.32 Å². The first kappa shape index (κ1) is 18.3. The van der Waals surface area contributed by atoms with Crippen molar-refractivity contribution in [1.82, 2.24) is 4.90 Å². The number of carbonyl (C=O) groups is 2. The fourth-order valence-electron chi connectivity index (χ4n) is 3.40. The minimum Gasteiger partial charge on any atom is -0.334 e. The lowest BCUT2D eigenvalue weighted by atomic mass is 9.99. The molecule has 0 radical (unpaired) electrons. The van der Waals surface area contributed by atoms with Gasteiger partial charge in [-0.05, 0) is 47.9 Å². The highest BCUT2D eigenvalue weighted by Crippen LogP contribution is 2.23. The van der Waals surface area contributed by atoms with Crippen molar-refractivity contribution in [3.05, 3.63) is 100 Å². The van der Waals surface area contributed by atoms with Gasteiger partial charge in [-0.15, -0.1) is 0 Å². The van der Waals surface area contributed by atoms with E-state index in [1.54, 1.807) is 48.5 Å². The Labute approximate surface area is 168 Å². The fourth-order valence-corrected chi connectivity index (χ4v) is 3.59. The molecule has 0 fully saturated rings. The van der Waals surface area contributed by atoms with Crippen molar-refractivity contribution < 1.29 is 9.59 Å². The second-order valence-corrected chi connectivity index (χ2v) is 7.17. The lowest BCUT2D eigenvalue weighted by Gasteiger charge is -2.29. The van der Waals surface area contributed by atoms with Gasteiger partial charge in [0.05, 0.1) is 10.7 Å². The number of nitrogens with one attached hydrogen (secondary N) is 1. The van der Waals surface area contributed by atoms with Crippen molar-refractivity contribution in [3.63, 3.8) is 0 Å². The van der Waals surface area contributed by atoms with Gasteiger partial charge in [0.2, 0.25) is 0 Å². The molecule has 1 aliphatic heterocycles. The zero-order valence-electron chi connectivity index (χ0n) is 15.2. The van der Waals surface area contributed by atoms with Gasteiger partial charge >= 0.3 is 0 Å². The Morgan fingerprint density at radius 2 is 1.57 bits per heavy atom. The van der Waals surface area contributed by atoms with Gasteiger partial charge in [0.25, 0.3) is 11.8 Å². The average molecular weight is 391 g/mol. The zero-order valence-corrected chi connectivity index (χ0v) is 15.9. The number of anilines is 1. The van der Waals surface area contributed by atoms with Gasteiger partial charge in [-0.25, -0.2) is 0 Å². The molecule has 0 saturated carbocycles. The number of nitrogens with zero attached hydrogens (tertiary/aromatic N) is 1. The summed E-state index contributed by atoms with van der Waals surface area (Å²) < 4.78 is 0. The van der Waals surface area contributed by atoms with Gasteiger partial charge in [-0.3, -0.25) is 9.59 Å². The van der Waals surface area contributed by atoms with Crippen LogP contribution in [-0.4, -0.2) is 23.3 Å². The maximum absolute atomic E-state index is 13.0. The Balaban J connectivity index is 1.51. The number of fused-ring (bicyclic) bond motifs is 1. The highest BCUT2D eigenvalue weighted by Gasteiger charge is 2.22. The minimum absolute atomic E-state index is 0.0677. The number of amides is 2. The summed E-state index contributed by atoms with van der Waals surface area (Å²) in [5, 5.41) is 3.26. The van der Waals surface area contributed by atoms with E-state index in [9.17, 15) is 9.59 Å². The van der Waals surface area contributed by atoms with E-state index in [1.165, 1.54) is 11.1 Å². The maximum atomic E-state index is 13.0. The van der Waals surface area contributed by atoms with E-state index in [2.05, 4.69) is 17.4 Å². The largest absolute Gasteiger partial charge is 0.334 e. The van der Waals surface area contributed by atoms with Crippen LogP contribution in [0.2, 0.25) is 5.02 Å². The molecule has 0 atom stereocenters. The molecule has 5 heteroatoms. The van der Waals surface area contributed by atoms with Crippen molar-refractivity contribution in [2.24, 2.45) is 0 Å². The van der Waals surface area contributed by atoms with Crippen molar-refractivity contribution in [2.45, 2.75) is 13.0 Å². The molecule has 1 N–H and O–H groups in total. The lowest BCUT2D eigenvalue weighted by Crippen LogP contribution is -2.36. The van der Waals surface area contributed by atoms with Gasteiger partial charge in [0, 0.05) is 24.2 Å². The maximum Gasteiger partial charge on any atom is 0.255 e. The topological polar surface area (TPSA) is 49.4 Å². The van der Waals surface area contributed by atoms with Crippen molar-refractivity contribution in [2.75, 3.05) is 11.9 Å². The van der Waals surface area contributed by atoms with Gasteiger partial charge in [-0.2, -0.15) is 0 Å². The van der Waals surface area contributed by atoms with Gasteiger partial charge in [-0.1, -0.05) is 54.1 Å². The van der Waals surface area contributed by atoms with Gasteiger partial charge < -0.3 is 10.2 Å². The first-order chi connectivity index (χ1) is 13.6. The number of halogens is 1. The zero-order chi connectivity index (χ0) is 19.5. The predicted octanol–water partition coefficient (Wildman–Crippen LogP) is 4.79. The number of hydrogen-bond acceptors (Lipinski definition) is 2. The van der Waals surface area contributed by atoms with Crippen LogP contribution >= 0.6 is 11.6 Å². The molecule has 4 rings (SSSR count). The minimum atomic E-state index is -0.299. The summed E-state index contributed by atoms with van der Waals surface area (Å²) >= 11 is 6.10. The number of para-hydroxylation sites is 1. The first-order valence-electron chi connectivity index (χ1n) is 9.14. The lowest BCUT2D eigenvalue weighted by molar-refractivity contribution is 0.0734. The molecule has 0 unspecified atom stereocenters. The van der Waals surface area contributed by atoms with Crippen LogP contribution in [-0.2, 0) is 13.0 Å². The SMILES string of the molecule is O=C(Nc1ccccc1Cl)c1cccc(C(=O)N2CCc3ccccc3C2)c1. The molecule has 0 bridgehead atoms. The molecule has 1 heterocycles. The molecule has 2 amide bonds. The average Bonchev–Trinajstić information content (AvgIpc) is 2.74. The van der Waals surface area contributed by atoms with Crippen LogP contribution in [0.15, 0.2) is 72.8 Å². The highest BCUT2D eigenvalue weighted by atomic mass is 35.5. The normalized spacial score (nSPS) is 13.0. The summed E-state index contributed by atoms with van der Waals surface area (Å²) in [4.78, 5) is 27.4. The number of carbonyl (C=O) groups excluding carboxylic acids is 2. The molecule has 0 saturated heterocycles. The monoisotopic (exact) mass is 390 g/mol. The summed E-state index contributed by atoms with van der Waals surface area (Å²) in [6, 6.07) is 22.0. The Morgan fingerprint density at radius 1 is 0.857 bits per heavy atom. The quantitative estimate of drug-likeness (QED) is 0.698. The number of rotatable bonds is 3. The van der Waals surface area contributed by atoms with Gasteiger partial charge in [0.15, 0.2) is 0 Å². The number of benzene rings is 3. The summed E-state index contributed by atoms with van der Waals surface area (Å²) in [7, 11) is 0. The summed E-state index contributed by atoms with van der Waals surface area (Å²) in [6.07, 6.45) is 0.842. The molecule has 1 aliphatic rings. The van der Waals surface area contributed by atoms with E-state index < -0.39 is 0 Å². The van der Waals surface area contributed by atoms with E-state index in [0.717, 1.165) is 6.42 Å². The summed E-state index contributed by atoms with van der Waals surface area (Å²) in [6.45, 7) is 1.26. The Bertz CT molecular complexity index is 1050. The summed E-state index contributed by atoms with van der Waals surface area (Å²) in [5.74, 6) is -0.367. The molecule has 0 spiro atoms. The molecule has 3 aromatic carbocycles. The molecule has 0 aliphatic carbocycles. The van der Waals surface area contributed by atoms with Crippen LogP contribution in [0.5, 0.6) is 0 Å². The second kappa shape index (κ2) is 7.87. The van der Waals surface area contributed by atoms with Crippen LogP contribution in [0.4, 0.5) is 5.69 Å². The first-order valence-corrected chi connectivity index (χ1v) is 9.51. The van der Waals surface area contributed by atoms with Crippen LogP contribution in [0.1, 0.15) is 31.8 Å². The van der Waals surface area contributed by atoms with Crippen molar-refractivity contribution in [1.29, 1.82) is 0 Å².